The number of methoxy groups -OCH3 is 1. The standard InChI is InChI=1S/C16H20O3/c1-3-4-5-6-15(17)12-9-13-7-10-14(11-8-13)16(18)19-2/h7-12H,3-6H2,1-2H3/b12-9+. The number of hydrogen-bond donors (Lipinski definition) is 0. The van der Waals surface area contributed by atoms with Crippen LogP contribution < -0.4 is 0 Å². The molecule has 1 rings (SSSR count). The van der Waals surface area contributed by atoms with Crippen molar-refractivity contribution in [1.29, 1.82) is 0 Å². The molecule has 0 aliphatic carbocycles. The van der Waals surface area contributed by atoms with Crippen molar-refractivity contribution in [2.75, 3.05) is 7.11 Å². The molecule has 0 N–H and O–H groups in total. The molecule has 0 atom stereocenters. The van der Waals surface area contributed by atoms with Crippen LogP contribution in [0.15, 0.2) is 30.3 Å². The summed E-state index contributed by atoms with van der Waals surface area (Å²) in [4.78, 5) is 22.8. The summed E-state index contributed by atoms with van der Waals surface area (Å²) in [5.74, 6) is -0.211. The fourth-order valence-electron chi connectivity index (χ4n) is 1.67. The van der Waals surface area contributed by atoms with Crippen LogP contribution in [0.5, 0.6) is 0 Å². The first kappa shape index (κ1) is 15.2. The van der Waals surface area contributed by atoms with Gasteiger partial charge in [-0.05, 0) is 30.2 Å². The number of ketones is 1. The van der Waals surface area contributed by atoms with Crippen molar-refractivity contribution in [2.24, 2.45) is 0 Å². The lowest BCUT2D eigenvalue weighted by atomic mass is 10.1. The van der Waals surface area contributed by atoms with E-state index in [4.69, 9.17) is 0 Å². The van der Waals surface area contributed by atoms with Crippen molar-refractivity contribution in [3.05, 3.63) is 41.5 Å². The molecule has 0 aliphatic rings. The minimum Gasteiger partial charge on any atom is -0.465 e. The number of esters is 1. The molecule has 19 heavy (non-hydrogen) atoms. The fourth-order valence-corrected chi connectivity index (χ4v) is 1.67. The van der Waals surface area contributed by atoms with Crippen molar-refractivity contribution in [3.8, 4) is 0 Å². The second-order valence-electron chi connectivity index (χ2n) is 4.37. The molecule has 0 radical (unpaired) electrons. The molecule has 0 amide bonds. The summed E-state index contributed by atoms with van der Waals surface area (Å²) in [5, 5.41) is 0. The third-order valence-electron chi connectivity index (χ3n) is 2.82. The van der Waals surface area contributed by atoms with Gasteiger partial charge >= 0.3 is 5.97 Å². The smallest absolute Gasteiger partial charge is 0.337 e. The van der Waals surface area contributed by atoms with Crippen LogP contribution in [0, 0.1) is 0 Å². The number of carbonyl (C=O) groups excluding carboxylic acids is 2. The lowest BCUT2D eigenvalue weighted by Gasteiger charge is -1.99. The Hall–Kier alpha value is -1.90. The normalized spacial score (nSPS) is 10.6. The first-order chi connectivity index (χ1) is 9.17. The molecule has 102 valence electrons. The average Bonchev–Trinajstić information content (AvgIpc) is 2.45. The van der Waals surface area contributed by atoms with Crippen LogP contribution in [-0.2, 0) is 9.53 Å². The zero-order chi connectivity index (χ0) is 14.1. The molecule has 0 unspecified atom stereocenters. The Morgan fingerprint density at radius 1 is 1.16 bits per heavy atom. The summed E-state index contributed by atoms with van der Waals surface area (Å²) in [6.45, 7) is 2.11. The number of hydrogen-bond acceptors (Lipinski definition) is 3. The Morgan fingerprint density at radius 2 is 1.84 bits per heavy atom. The number of rotatable bonds is 7. The predicted molar refractivity (Wildman–Crippen MR) is 76.0 cm³/mol. The molecule has 0 aliphatic heterocycles. The van der Waals surface area contributed by atoms with Crippen LogP contribution in [0.4, 0.5) is 0 Å². The lowest BCUT2D eigenvalue weighted by molar-refractivity contribution is -0.114. The van der Waals surface area contributed by atoms with E-state index in [1.165, 1.54) is 7.11 Å². The van der Waals surface area contributed by atoms with Crippen LogP contribution in [0.25, 0.3) is 6.08 Å². The van der Waals surface area contributed by atoms with Gasteiger partial charge in [0.2, 0.25) is 0 Å². The maximum Gasteiger partial charge on any atom is 0.337 e. The maximum absolute atomic E-state index is 11.6. The predicted octanol–water partition coefficient (Wildman–Crippen LogP) is 3.64. The van der Waals surface area contributed by atoms with E-state index in [0.717, 1.165) is 24.8 Å². The molecule has 3 heteroatoms. The molecule has 0 fully saturated rings. The zero-order valence-corrected chi connectivity index (χ0v) is 11.5. The lowest BCUT2D eigenvalue weighted by Crippen LogP contribution is -2.00. The highest BCUT2D eigenvalue weighted by atomic mass is 16.5. The molecular formula is C16H20O3. The van der Waals surface area contributed by atoms with Crippen molar-refractivity contribution in [3.63, 3.8) is 0 Å². The van der Waals surface area contributed by atoms with Gasteiger partial charge in [0.05, 0.1) is 12.7 Å². The van der Waals surface area contributed by atoms with E-state index in [1.54, 1.807) is 36.4 Å². The summed E-state index contributed by atoms with van der Waals surface area (Å²) in [6, 6.07) is 6.96. The third kappa shape index (κ3) is 5.51. The largest absolute Gasteiger partial charge is 0.465 e. The Kier molecular flexibility index (Phi) is 6.58. The van der Waals surface area contributed by atoms with Gasteiger partial charge in [0.15, 0.2) is 5.78 Å². The summed E-state index contributed by atoms with van der Waals surface area (Å²) in [6.07, 6.45) is 7.13. The van der Waals surface area contributed by atoms with E-state index < -0.39 is 0 Å². The van der Waals surface area contributed by atoms with Crippen LogP contribution in [0.3, 0.4) is 0 Å². The van der Waals surface area contributed by atoms with E-state index in [1.807, 2.05) is 0 Å². The Labute approximate surface area is 114 Å². The fraction of sp³-hybridized carbons (Fsp3) is 0.375. The van der Waals surface area contributed by atoms with Gasteiger partial charge in [0.1, 0.15) is 0 Å². The van der Waals surface area contributed by atoms with Crippen molar-refractivity contribution < 1.29 is 14.3 Å². The summed E-state index contributed by atoms with van der Waals surface area (Å²) >= 11 is 0. The molecule has 3 nitrogen and oxygen atoms in total. The Morgan fingerprint density at radius 3 is 2.42 bits per heavy atom. The van der Waals surface area contributed by atoms with E-state index in [-0.39, 0.29) is 11.8 Å². The van der Waals surface area contributed by atoms with Gasteiger partial charge in [-0.2, -0.15) is 0 Å². The van der Waals surface area contributed by atoms with Gasteiger partial charge in [0, 0.05) is 6.42 Å². The van der Waals surface area contributed by atoms with Gasteiger partial charge in [-0.1, -0.05) is 38.0 Å². The molecule has 0 saturated heterocycles. The number of carbonyl (C=O) groups is 2. The van der Waals surface area contributed by atoms with E-state index >= 15 is 0 Å². The highest BCUT2D eigenvalue weighted by molar-refractivity contribution is 5.94. The van der Waals surface area contributed by atoms with E-state index in [0.29, 0.717) is 12.0 Å². The zero-order valence-electron chi connectivity index (χ0n) is 11.5. The first-order valence-electron chi connectivity index (χ1n) is 6.56. The van der Waals surface area contributed by atoms with Gasteiger partial charge in [0.25, 0.3) is 0 Å². The molecule has 0 spiro atoms. The van der Waals surface area contributed by atoms with Gasteiger partial charge in [-0.25, -0.2) is 4.79 Å². The van der Waals surface area contributed by atoms with Crippen LogP contribution in [0.2, 0.25) is 0 Å². The van der Waals surface area contributed by atoms with Gasteiger partial charge < -0.3 is 4.74 Å². The SMILES string of the molecule is CCCCCC(=O)/C=C/c1ccc(C(=O)OC)cc1. The van der Waals surface area contributed by atoms with Crippen LogP contribution in [-0.4, -0.2) is 18.9 Å². The topological polar surface area (TPSA) is 43.4 Å². The van der Waals surface area contributed by atoms with E-state index in [2.05, 4.69) is 11.7 Å². The molecule has 0 saturated carbocycles. The second-order valence-corrected chi connectivity index (χ2v) is 4.37. The summed E-state index contributed by atoms with van der Waals surface area (Å²) in [7, 11) is 1.35. The van der Waals surface area contributed by atoms with Crippen molar-refractivity contribution in [2.45, 2.75) is 32.6 Å². The highest BCUT2D eigenvalue weighted by Crippen LogP contribution is 2.08. The number of benzene rings is 1. The molecule has 0 aromatic heterocycles. The number of allylic oxidation sites excluding steroid dienone is 1. The second kappa shape index (κ2) is 8.25. The molecule has 0 bridgehead atoms. The third-order valence-corrected chi connectivity index (χ3v) is 2.82. The quantitative estimate of drug-likeness (QED) is 0.427. The monoisotopic (exact) mass is 260 g/mol. The van der Waals surface area contributed by atoms with Crippen molar-refractivity contribution in [1.82, 2.24) is 0 Å². The average molecular weight is 260 g/mol. The summed E-state index contributed by atoms with van der Waals surface area (Å²) in [5.41, 5.74) is 1.41. The van der Waals surface area contributed by atoms with Gasteiger partial charge in [-0.3, -0.25) is 4.79 Å². The maximum atomic E-state index is 11.6. The molecule has 1 aromatic rings. The summed E-state index contributed by atoms with van der Waals surface area (Å²) < 4.78 is 4.62. The highest BCUT2D eigenvalue weighted by Gasteiger charge is 2.03. The number of ether oxygens (including phenoxy) is 1. The molecular weight excluding hydrogens is 240 g/mol. The van der Waals surface area contributed by atoms with Crippen molar-refractivity contribution >= 4 is 17.8 Å². The Bertz CT molecular complexity index is 444. The molecule has 1 aromatic carbocycles. The van der Waals surface area contributed by atoms with Gasteiger partial charge in [-0.15, -0.1) is 0 Å². The Balaban J connectivity index is 2.53. The number of unbranched alkanes of at least 4 members (excludes halogenated alkanes) is 2. The first-order valence-corrected chi connectivity index (χ1v) is 6.56. The van der Waals surface area contributed by atoms with Crippen LogP contribution in [0.1, 0.15) is 48.5 Å². The van der Waals surface area contributed by atoms with E-state index in [9.17, 15) is 9.59 Å². The minimum absolute atomic E-state index is 0.144. The van der Waals surface area contributed by atoms with Crippen LogP contribution >= 0.6 is 0 Å². The minimum atomic E-state index is -0.355. The molecule has 0 heterocycles.